The third-order valence-electron chi connectivity index (χ3n) is 5.72. The summed E-state index contributed by atoms with van der Waals surface area (Å²) in [7, 11) is 0. The number of ether oxygens (including phenoxy) is 1. The molecule has 8 heteroatoms. The van der Waals surface area contributed by atoms with Crippen molar-refractivity contribution in [1.29, 1.82) is 0 Å². The summed E-state index contributed by atoms with van der Waals surface area (Å²) in [5.41, 5.74) is 4.09. The number of halogens is 1. The Bertz CT molecular complexity index is 1260. The minimum atomic E-state index is -0.988. The maximum Gasteiger partial charge on any atom is 0.269 e. The van der Waals surface area contributed by atoms with E-state index in [9.17, 15) is 14.9 Å². The Morgan fingerprint density at radius 1 is 1.12 bits per heavy atom. The van der Waals surface area contributed by atoms with E-state index in [1.807, 2.05) is 37.3 Å². The average molecular weight is 448 g/mol. The van der Waals surface area contributed by atoms with Crippen LogP contribution in [0.5, 0.6) is 5.75 Å². The van der Waals surface area contributed by atoms with Gasteiger partial charge in [0, 0.05) is 34.7 Å². The molecular weight excluding hydrogens is 430 g/mol. The molecule has 160 valence electrons. The lowest BCUT2D eigenvalue weighted by Crippen LogP contribution is -2.45. The Kier molecular flexibility index (Phi) is 4.90. The Labute approximate surface area is 189 Å². The second kappa shape index (κ2) is 7.76. The molecule has 0 amide bonds. The Morgan fingerprint density at radius 2 is 1.84 bits per heavy atom. The van der Waals surface area contributed by atoms with Gasteiger partial charge in [-0.25, -0.2) is 5.01 Å². The number of benzene rings is 3. The minimum absolute atomic E-state index is 0.0789. The third kappa shape index (κ3) is 3.50. The number of nitro groups is 1. The molecule has 0 bridgehead atoms. The first kappa shape index (κ1) is 20.2. The molecule has 0 fully saturated rings. The van der Waals surface area contributed by atoms with E-state index in [-0.39, 0.29) is 17.5 Å². The summed E-state index contributed by atoms with van der Waals surface area (Å²) in [6.45, 7) is 2.02. The zero-order valence-electron chi connectivity index (χ0n) is 17.1. The maximum absolute atomic E-state index is 13.4. The Balaban J connectivity index is 1.54. The van der Waals surface area contributed by atoms with Crippen molar-refractivity contribution in [2.75, 3.05) is 0 Å². The molecule has 3 aromatic carbocycles. The van der Waals surface area contributed by atoms with Crippen LogP contribution in [-0.2, 0) is 0 Å². The second-order valence-electron chi connectivity index (χ2n) is 7.83. The lowest BCUT2D eigenvalue weighted by molar-refractivity contribution is -0.384. The van der Waals surface area contributed by atoms with E-state index < -0.39 is 11.2 Å². The number of carbonyl (C=O) groups is 1. The van der Waals surface area contributed by atoms with Gasteiger partial charge < -0.3 is 4.74 Å². The quantitative estimate of drug-likeness (QED) is 0.307. The molecule has 2 unspecified atom stereocenters. The molecule has 5 rings (SSSR count). The molecule has 0 spiro atoms. The Hall–Kier alpha value is -3.71. The van der Waals surface area contributed by atoms with Crippen molar-refractivity contribution in [2.45, 2.75) is 25.6 Å². The molecule has 3 aromatic rings. The van der Waals surface area contributed by atoms with Gasteiger partial charge in [0.05, 0.1) is 16.7 Å². The third-order valence-corrected chi connectivity index (χ3v) is 5.96. The fraction of sp³-hybridized carbons (Fsp3) is 0.167. The zero-order chi connectivity index (χ0) is 22.4. The number of fused-ring (bicyclic) bond motifs is 3. The van der Waals surface area contributed by atoms with E-state index >= 15 is 0 Å². The van der Waals surface area contributed by atoms with Crippen LogP contribution in [0.25, 0.3) is 0 Å². The van der Waals surface area contributed by atoms with Gasteiger partial charge in [-0.3, -0.25) is 14.9 Å². The van der Waals surface area contributed by atoms with Crippen LogP contribution in [0.2, 0.25) is 5.02 Å². The lowest BCUT2D eigenvalue weighted by atomic mass is 9.95. The Morgan fingerprint density at radius 3 is 2.53 bits per heavy atom. The number of hydrogen-bond acceptors (Lipinski definition) is 6. The molecular formula is C24H18ClN3O4. The monoisotopic (exact) mass is 447 g/mol. The van der Waals surface area contributed by atoms with Gasteiger partial charge in [-0.2, -0.15) is 5.10 Å². The summed E-state index contributed by atoms with van der Waals surface area (Å²) in [6, 6.07) is 18.7. The van der Waals surface area contributed by atoms with Gasteiger partial charge in [0.25, 0.3) is 11.9 Å². The van der Waals surface area contributed by atoms with Gasteiger partial charge >= 0.3 is 0 Å². The summed E-state index contributed by atoms with van der Waals surface area (Å²) in [5.74, 6) is 0.260. The summed E-state index contributed by atoms with van der Waals surface area (Å²) >= 11 is 6.24. The van der Waals surface area contributed by atoms with Crippen LogP contribution in [0.3, 0.4) is 0 Å². The molecule has 0 saturated heterocycles. The van der Waals surface area contributed by atoms with Crippen molar-refractivity contribution in [3.8, 4) is 5.75 Å². The van der Waals surface area contributed by atoms with Crippen molar-refractivity contribution in [2.24, 2.45) is 5.10 Å². The van der Waals surface area contributed by atoms with Crippen LogP contribution in [0.1, 0.15) is 39.5 Å². The van der Waals surface area contributed by atoms with Crippen LogP contribution in [0.15, 0.2) is 71.8 Å². The summed E-state index contributed by atoms with van der Waals surface area (Å²) in [6.07, 6.45) is -0.387. The normalized spacial score (nSPS) is 18.9. The topological polar surface area (TPSA) is 85.0 Å². The van der Waals surface area contributed by atoms with E-state index in [0.29, 0.717) is 22.8 Å². The first-order valence-electron chi connectivity index (χ1n) is 10.1. The molecule has 2 atom stereocenters. The molecule has 0 radical (unpaired) electrons. The highest BCUT2D eigenvalue weighted by atomic mass is 35.5. The van der Waals surface area contributed by atoms with E-state index in [1.165, 1.54) is 24.3 Å². The molecule has 2 heterocycles. The molecule has 0 aromatic heterocycles. The SMILES string of the molecule is Cc1ccc(C2=NN3C(C(=O)c4ccc([N+](=O)[O-])cc4)Oc4ccc(Cl)cc4C3C2)cc1. The molecule has 0 aliphatic carbocycles. The first-order chi connectivity index (χ1) is 15.4. The van der Waals surface area contributed by atoms with Crippen LogP contribution in [-0.4, -0.2) is 27.7 Å². The van der Waals surface area contributed by atoms with Gasteiger partial charge in [-0.05, 0) is 42.8 Å². The standard InChI is InChI=1S/C24H18ClN3O4/c1-14-2-4-15(5-3-14)20-13-21-19-12-17(25)8-11-22(19)32-24(27(21)26-20)23(29)16-6-9-18(10-7-16)28(30)31/h2-12,21,24H,13H2,1H3. The summed E-state index contributed by atoms with van der Waals surface area (Å²) in [4.78, 5) is 23.8. The molecule has 32 heavy (non-hydrogen) atoms. The lowest BCUT2D eigenvalue weighted by Gasteiger charge is -2.37. The van der Waals surface area contributed by atoms with Gasteiger partial charge in [0.1, 0.15) is 5.75 Å². The predicted molar refractivity (Wildman–Crippen MR) is 120 cm³/mol. The fourth-order valence-corrected chi connectivity index (χ4v) is 4.22. The van der Waals surface area contributed by atoms with E-state index in [2.05, 4.69) is 0 Å². The molecule has 2 aliphatic rings. The smallest absolute Gasteiger partial charge is 0.269 e. The fourth-order valence-electron chi connectivity index (χ4n) is 4.04. The number of non-ortho nitro benzene ring substituents is 1. The van der Waals surface area contributed by atoms with Gasteiger partial charge in [-0.1, -0.05) is 41.4 Å². The number of carbonyl (C=O) groups excluding carboxylic acids is 1. The molecule has 7 nitrogen and oxygen atoms in total. The predicted octanol–water partition coefficient (Wildman–Crippen LogP) is 5.31. The maximum atomic E-state index is 13.4. The molecule has 2 aliphatic heterocycles. The van der Waals surface area contributed by atoms with Gasteiger partial charge in [0.2, 0.25) is 5.78 Å². The number of ketones is 1. The zero-order valence-corrected chi connectivity index (χ0v) is 17.8. The average Bonchev–Trinajstić information content (AvgIpc) is 3.24. The number of nitrogens with zero attached hydrogens (tertiary/aromatic N) is 3. The van der Waals surface area contributed by atoms with Crippen molar-refractivity contribution in [3.63, 3.8) is 0 Å². The van der Waals surface area contributed by atoms with Crippen LogP contribution in [0, 0.1) is 17.0 Å². The number of hydrogen-bond donors (Lipinski definition) is 0. The summed E-state index contributed by atoms with van der Waals surface area (Å²) < 4.78 is 6.07. The first-order valence-corrected chi connectivity index (χ1v) is 10.5. The molecule has 0 saturated carbocycles. The minimum Gasteiger partial charge on any atom is -0.461 e. The van der Waals surface area contributed by atoms with Crippen LogP contribution in [0.4, 0.5) is 5.69 Å². The van der Waals surface area contributed by atoms with E-state index in [0.717, 1.165) is 22.4 Å². The molecule has 0 N–H and O–H groups in total. The van der Waals surface area contributed by atoms with Gasteiger partial charge in [-0.15, -0.1) is 0 Å². The van der Waals surface area contributed by atoms with E-state index in [1.54, 1.807) is 17.1 Å². The summed E-state index contributed by atoms with van der Waals surface area (Å²) in [5, 5.41) is 18.0. The highest BCUT2D eigenvalue weighted by molar-refractivity contribution is 6.30. The van der Waals surface area contributed by atoms with Crippen molar-refractivity contribution in [1.82, 2.24) is 5.01 Å². The van der Waals surface area contributed by atoms with Gasteiger partial charge in [0.15, 0.2) is 0 Å². The highest BCUT2D eigenvalue weighted by Crippen LogP contribution is 2.44. The van der Waals surface area contributed by atoms with Crippen molar-refractivity contribution >= 4 is 28.8 Å². The number of aryl methyl sites for hydroxylation is 1. The number of hydrazone groups is 1. The largest absolute Gasteiger partial charge is 0.461 e. The number of nitro benzene ring substituents is 1. The van der Waals surface area contributed by atoms with Crippen molar-refractivity contribution < 1.29 is 14.5 Å². The van der Waals surface area contributed by atoms with Crippen LogP contribution >= 0.6 is 11.6 Å². The second-order valence-corrected chi connectivity index (χ2v) is 8.27. The number of Topliss-reactive ketones (excluding diaryl/α,β-unsaturated/α-hetero) is 1. The number of rotatable bonds is 4. The van der Waals surface area contributed by atoms with Crippen LogP contribution < -0.4 is 4.74 Å². The highest BCUT2D eigenvalue weighted by Gasteiger charge is 2.43. The van der Waals surface area contributed by atoms with E-state index in [4.69, 9.17) is 21.4 Å². The van der Waals surface area contributed by atoms with Crippen molar-refractivity contribution in [3.05, 3.63) is 104 Å².